The van der Waals surface area contributed by atoms with Crippen molar-refractivity contribution in [2.45, 2.75) is 18.9 Å². The summed E-state index contributed by atoms with van der Waals surface area (Å²) in [5.74, 6) is -0.0888. The zero-order valence-electron chi connectivity index (χ0n) is 10.0. The lowest BCUT2D eigenvalue weighted by molar-refractivity contribution is 0.0852. The molecule has 1 saturated heterocycles. The van der Waals surface area contributed by atoms with E-state index in [0.29, 0.717) is 12.2 Å². The van der Waals surface area contributed by atoms with Gasteiger partial charge in [-0.25, -0.2) is 4.98 Å². The first-order valence-corrected chi connectivity index (χ1v) is 6.16. The topological polar surface area (TPSA) is 55.6 Å². The highest BCUT2D eigenvalue weighted by Crippen LogP contribution is 2.11. The summed E-state index contributed by atoms with van der Waals surface area (Å²) in [6, 6.07) is 5.50. The lowest BCUT2D eigenvalue weighted by atomic mass is 10.2. The number of rotatable bonds is 3. The lowest BCUT2D eigenvalue weighted by Crippen LogP contribution is -2.32. The van der Waals surface area contributed by atoms with Crippen molar-refractivity contribution < 1.29 is 9.53 Å². The molecule has 1 amide bonds. The van der Waals surface area contributed by atoms with Crippen molar-refractivity contribution in [1.82, 2.24) is 14.7 Å². The summed E-state index contributed by atoms with van der Waals surface area (Å²) in [7, 11) is 0. The Labute approximate surface area is 105 Å². The van der Waals surface area contributed by atoms with E-state index in [-0.39, 0.29) is 12.0 Å². The molecule has 2 aromatic heterocycles. The summed E-state index contributed by atoms with van der Waals surface area (Å²) in [4.78, 5) is 16.3. The van der Waals surface area contributed by atoms with E-state index in [0.717, 1.165) is 25.1 Å². The van der Waals surface area contributed by atoms with Crippen LogP contribution >= 0.6 is 0 Å². The van der Waals surface area contributed by atoms with Crippen LogP contribution in [-0.4, -0.2) is 34.5 Å². The molecule has 0 radical (unpaired) electrons. The van der Waals surface area contributed by atoms with E-state index in [1.54, 1.807) is 22.9 Å². The second kappa shape index (κ2) is 4.78. The predicted molar refractivity (Wildman–Crippen MR) is 66.5 cm³/mol. The number of nitrogens with zero attached hydrogens (tertiary/aromatic N) is 2. The first-order chi connectivity index (χ1) is 8.84. The molecule has 94 valence electrons. The van der Waals surface area contributed by atoms with E-state index in [1.165, 1.54) is 0 Å². The quantitative estimate of drug-likeness (QED) is 0.885. The van der Waals surface area contributed by atoms with Gasteiger partial charge in [0.15, 0.2) is 0 Å². The molecule has 3 rings (SSSR count). The van der Waals surface area contributed by atoms with Crippen molar-refractivity contribution in [1.29, 1.82) is 0 Å². The summed E-state index contributed by atoms with van der Waals surface area (Å²) in [6.07, 6.45) is 5.74. The molecule has 5 nitrogen and oxygen atoms in total. The molecule has 0 saturated carbocycles. The van der Waals surface area contributed by atoms with Gasteiger partial charge in [-0.05, 0) is 25.0 Å². The monoisotopic (exact) mass is 245 g/mol. The second-order valence-electron chi connectivity index (χ2n) is 4.41. The van der Waals surface area contributed by atoms with Crippen LogP contribution in [0.2, 0.25) is 0 Å². The number of nitrogens with one attached hydrogen (secondary N) is 1. The molecule has 1 aliphatic heterocycles. The molecule has 1 fully saturated rings. The first kappa shape index (κ1) is 11.2. The van der Waals surface area contributed by atoms with Crippen molar-refractivity contribution in [3.63, 3.8) is 0 Å². The van der Waals surface area contributed by atoms with Crippen LogP contribution in [0.5, 0.6) is 0 Å². The van der Waals surface area contributed by atoms with E-state index in [1.807, 2.05) is 12.1 Å². The molecule has 0 aliphatic carbocycles. The van der Waals surface area contributed by atoms with Gasteiger partial charge >= 0.3 is 0 Å². The minimum atomic E-state index is -0.0888. The molecule has 3 heterocycles. The van der Waals surface area contributed by atoms with Gasteiger partial charge in [0.1, 0.15) is 11.3 Å². The molecular formula is C13H15N3O2. The second-order valence-corrected chi connectivity index (χ2v) is 4.41. The van der Waals surface area contributed by atoms with Crippen LogP contribution in [0.4, 0.5) is 0 Å². The number of hydrogen-bond donors (Lipinski definition) is 1. The number of carbonyl (C=O) groups excluding carboxylic acids is 1. The highest BCUT2D eigenvalue weighted by molar-refractivity contribution is 5.93. The SMILES string of the molecule is O=C(NCC1CCCO1)c1cccc2nccn12. The fourth-order valence-corrected chi connectivity index (χ4v) is 2.24. The van der Waals surface area contributed by atoms with Crippen LogP contribution in [0.25, 0.3) is 5.65 Å². The Morgan fingerprint density at radius 2 is 2.50 bits per heavy atom. The maximum Gasteiger partial charge on any atom is 0.268 e. The first-order valence-electron chi connectivity index (χ1n) is 6.16. The van der Waals surface area contributed by atoms with Gasteiger partial charge in [0.25, 0.3) is 5.91 Å². The lowest BCUT2D eigenvalue weighted by Gasteiger charge is -2.11. The van der Waals surface area contributed by atoms with Crippen molar-refractivity contribution >= 4 is 11.6 Å². The summed E-state index contributed by atoms with van der Waals surface area (Å²) in [5, 5.41) is 2.91. The van der Waals surface area contributed by atoms with Crippen molar-refractivity contribution in [3.8, 4) is 0 Å². The maximum atomic E-state index is 12.1. The predicted octanol–water partition coefficient (Wildman–Crippen LogP) is 1.24. The minimum Gasteiger partial charge on any atom is -0.376 e. The Kier molecular flexibility index (Phi) is 2.98. The molecule has 18 heavy (non-hydrogen) atoms. The average molecular weight is 245 g/mol. The Morgan fingerprint density at radius 1 is 1.56 bits per heavy atom. The molecule has 1 N–H and O–H groups in total. The Balaban J connectivity index is 1.73. The number of amides is 1. The van der Waals surface area contributed by atoms with Gasteiger partial charge in [-0.1, -0.05) is 6.07 Å². The Morgan fingerprint density at radius 3 is 3.33 bits per heavy atom. The average Bonchev–Trinajstić information content (AvgIpc) is 3.05. The normalized spacial score (nSPS) is 19.2. The molecule has 1 aliphatic rings. The molecule has 1 atom stereocenters. The summed E-state index contributed by atoms with van der Waals surface area (Å²) in [6.45, 7) is 1.38. The van der Waals surface area contributed by atoms with Gasteiger partial charge in [0, 0.05) is 25.5 Å². The van der Waals surface area contributed by atoms with Gasteiger partial charge in [0.05, 0.1) is 6.10 Å². The number of aromatic nitrogens is 2. The summed E-state index contributed by atoms with van der Waals surface area (Å²) >= 11 is 0. The van der Waals surface area contributed by atoms with Crippen LogP contribution in [0, 0.1) is 0 Å². The van der Waals surface area contributed by atoms with E-state index in [9.17, 15) is 4.79 Å². The third-order valence-electron chi connectivity index (χ3n) is 3.18. The van der Waals surface area contributed by atoms with Gasteiger partial charge in [-0.3, -0.25) is 9.20 Å². The third-order valence-corrected chi connectivity index (χ3v) is 3.18. The number of fused-ring (bicyclic) bond motifs is 1. The molecule has 0 aromatic carbocycles. The van der Waals surface area contributed by atoms with Gasteiger partial charge in [0.2, 0.25) is 0 Å². The van der Waals surface area contributed by atoms with Gasteiger partial charge in [-0.2, -0.15) is 0 Å². The minimum absolute atomic E-state index is 0.0888. The van der Waals surface area contributed by atoms with E-state index < -0.39 is 0 Å². The smallest absolute Gasteiger partial charge is 0.268 e. The highest BCUT2D eigenvalue weighted by atomic mass is 16.5. The fourth-order valence-electron chi connectivity index (χ4n) is 2.24. The maximum absolute atomic E-state index is 12.1. The van der Waals surface area contributed by atoms with Crippen molar-refractivity contribution in [2.24, 2.45) is 0 Å². The number of carbonyl (C=O) groups is 1. The molecule has 5 heteroatoms. The van der Waals surface area contributed by atoms with Gasteiger partial charge in [-0.15, -0.1) is 0 Å². The number of imidazole rings is 1. The van der Waals surface area contributed by atoms with Crippen LogP contribution < -0.4 is 5.32 Å². The van der Waals surface area contributed by atoms with Crippen LogP contribution in [0.3, 0.4) is 0 Å². The van der Waals surface area contributed by atoms with E-state index in [2.05, 4.69) is 10.3 Å². The molecule has 0 bridgehead atoms. The number of ether oxygens (including phenoxy) is 1. The van der Waals surface area contributed by atoms with Crippen molar-refractivity contribution in [3.05, 3.63) is 36.3 Å². The van der Waals surface area contributed by atoms with Crippen LogP contribution in [-0.2, 0) is 4.74 Å². The standard InChI is InChI=1S/C13H15N3O2/c17-13(15-9-10-3-2-8-18-10)11-4-1-5-12-14-6-7-16(11)12/h1,4-7,10H,2-3,8-9H2,(H,15,17). The van der Waals surface area contributed by atoms with Gasteiger partial charge < -0.3 is 10.1 Å². The molecule has 1 unspecified atom stereocenters. The van der Waals surface area contributed by atoms with E-state index >= 15 is 0 Å². The van der Waals surface area contributed by atoms with Crippen LogP contribution in [0.1, 0.15) is 23.3 Å². The zero-order chi connectivity index (χ0) is 12.4. The molecule has 0 spiro atoms. The molecular weight excluding hydrogens is 230 g/mol. The number of pyridine rings is 1. The van der Waals surface area contributed by atoms with Crippen LogP contribution in [0.15, 0.2) is 30.6 Å². The molecule has 2 aromatic rings. The summed E-state index contributed by atoms with van der Waals surface area (Å²) in [5.41, 5.74) is 1.38. The third kappa shape index (κ3) is 2.09. The Hall–Kier alpha value is -1.88. The van der Waals surface area contributed by atoms with Crippen molar-refractivity contribution in [2.75, 3.05) is 13.2 Å². The zero-order valence-corrected chi connectivity index (χ0v) is 10.0. The fraction of sp³-hybridized carbons (Fsp3) is 0.385. The summed E-state index contributed by atoms with van der Waals surface area (Å²) < 4.78 is 7.26. The largest absolute Gasteiger partial charge is 0.376 e. The highest BCUT2D eigenvalue weighted by Gasteiger charge is 2.17. The number of hydrogen-bond acceptors (Lipinski definition) is 3. The Bertz CT molecular complexity index is 558. The van der Waals surface area contributed by atoms with E-state index in [4.69, 9.17) is 4.74 Å².